The highest BCUT2D eigenvalue weighted by atomic mass is 127. The molecule has 140 valence electrons. The number of likely N-dealkylation sites (tertiary alicyclic amines) is 1. The van der Waals surface area contributed by atoms with Gasteiger partial charge in [0.05, 0.1) is 0 Å². The summed E-state index contributed by atoms with van der Waals surface area (Å²) in [6.07, 6.45) is 4.32. The minimum atomic E-state index is 0. The Morgan fingerprint density at radius 1 is 1.40 bits per heavy atom. The molecule has 1 unspecified atom stereocenters. The number of halogens is 1. The summed E-state index contributed by atoms with van der Waals surface area (Å²) in [5.41, 5.74) is 1.11. The third-order valence-electron chi connectivity index (χ3n) is 4.28. The number of guanidine groups is 1. The van der Waals surface area contributed by atoms with Gasteiger partial charge in [0.15, 0.2) is 5.96 Å². The van der Waals surface area contributed by atoms with Crippen LogP contribution in [0.4, 0.5) is 0 Å². The van der Waals surface area contributed by atoms with Crippen molar-refractivity contribution in [1.82, 2.24) is 15.5 Å². The van der Waals surface area contributed by atoms with Crippen molar-refractivity contribution in [2.75, 3.05) is 40.3 Å². The van der Waals surface area contributed by atoms with E-state index in [0.717, 1.165) is 30.4 Å². The lowest BCUT2D eigenvalue weighted by Crippen LogP contribution is -2.43. The fourth-order valence-corrected chi connectivity index (χ4v) is 3.02. The van der Waals surface area contributed by atoms with E-state index in [9.17, 15) is 0 Å². The van der Waals surface area contributed by atoms with E-state index in [-0.39, 0.29) is 24.0 Å². The molecule has 0 radical (unpaired) electrons. The van der Waals surface area contributed by atoms with Crippen molar-refractivity contribution >= 4 is 29.9 Å². The smallest absolute Gasteiger partial charge is 0.191 e. The van der Waals surface area contributed by atoms with E-state index in [1.54, 1.807) is 6.08 Å². The third-order valence-corrected chi connectivity index (χ3v) is 4.28. The van der Waals surface area contributed by atoms with Gasteiger partial charge in [-0.25, -0.2) is 0 Å². The quantitative estimate of drug-likeness (QED) is 0.286. The summed E-state index contributed by atoms with van der Waals surface area (Å²) in [5, 5.41) is 6.82. The van der Waals surface area contributed by atoms with Gasteiger partial charge in [0.2, 0.25) is 0 Å². The maximum Gasteiger partial charge on any atom is 0.191 e. The van der Waals surface area contributed by atoms with E-state index >= 15 is 0 Å². The molecule has 1 aliphatic heterocycles. The van der Waals surface area contributed by atoms with Crippen LogP contribution in [0.2, 0.25) is 0 Å². The van der Waals surface area contributed by atoms with Gasteiger partial charge in [-0.2, -0.15) is 0 Å². The first-order valence-corrected chi connectivity index (χ1v) is 8.67. The molecule has 0 spiro atoms. The van der Waals surface area contributed by atoms with Gasteiger partial charge in [0.25, 0.3) is 0 Å². The summed E-state index contributed by atoms with van der Waals surface area (Å²) in [6, 6.07) is 8.05. The Morgan fingerprint density at radius 2 is 2.20 bits per heavy atom. The predicted molar refractivity (Wildman–Crippen MR) is 116 cm³/mol. The number of ether oxygens (including phenoxy) is 1. The molecule has 1 heterocycles. The van der Waals surface area contributed by atoms with E-state index in [2.05, 4.69) is 40.2 Å². The minimum absolute atomic E-state index is 0. The number of nitrogens with one attached hydrogen (secondary N) is 2. The van der Waals surface area contributed by atoms with Crippen molar-refractivity contribution < 1.29 is 4.74 Å². The molecule has 0 aromatic heterocycles. The molecule has 0 amide bonds. The van der Waals surface area contributed by atoms with E-state index < -0.39 is 0 Å². The fraction of sp³-hybridized carbons (Fsp3) is 0.526. The first-order chi connectivity index (χ1) is 11.7. The molecule has 5 nitrogen and oxygen atoms in total. The van der Waals surface area contributed by atoms with Crippen molar-refractivity contribution in [2.24, 2.45) is 10.9 Å². The molecule has 0 aliphatic carbocycles. The van der Waals surface area contributed by atoms with Gasteiger partial charge in [-0.1, -0.05) is 30.9 Å². The standard InChI is InChI=1S/C19H30N4O.HI/c1-4-12-24-18-10-6-5-9-17(18)14-22-19(20-2)21-13-16-8-7-11-23(3)15-16;/h4-6,9-10,16H,1,7-8,11-15H2,2-3H3,(H2,20,21,22);1H. The first kappa shape index (κ1) is 21.8. The van der Waals surface area contributed by atoms with Crippen LogP contribution in [0.5, 0.6) is 5.75 Å². The maximum absolute atomic E-state index is 5.70. The largest absolute Gasteiger partial charge is 0.489 e. The van der Waals surface area contributed by atoms with Gasteiger partial charge < -0.3 is 20.3 Å². The molecule has 0 saturated carbocycles. The molecule has 1 saturated heterocycles. The highest BCUT2D eigenvalue weighted by Gasteiger charge is 2.17. The number of aliphatic imine (C=N–C) groups is 1. The summed E-state index contributed by atoms with van der Waals surface area (Å²) < 4.78 is 5.70. The monoisotopic (exact) mass is 458 g/mol. The van der Waals surface area contributed by atoms with Crippen LogP contribution >= 0.6 is 24.0 Å². The van der Waals surface area contributed by atoms with Gasteiger partial charge in [-0.3, -0.25) is 4.99 Å². The van der Waals surface area contributed by atoms with Crippen LogP contribution in [0.25, 0.3) is 0 Å². The van der Waals surface area contributed by atoms with Crippen LogP contribution in [0.15, 0.2) is 41.9 Å². The first-order valence-electron chi connectivity index (χ1n) is 8.67. The molecule has 1 fully saturated rings. The molecule has 2 N–H and O–H groups in total. The predicted octanol–water partition coefficient (Wildman–Crippen LogP) is 2.88. The summed E-state index contributed by atoms with van der Waals surface area (Å²) >= 11 is 0. The SMILES string of the molecule is C=CCOc1ccccc1CNC(=NC)NCC1CCCN(C)C1.I. The lowest BCUT2D eigenvalue weighted by atomic mass is 9.99. The Balaban J connectivity index is 0.00000312. The molecular formula is C19H31IN4O. The van der Waals surface area contributed by atoms with Crippen LogP contribution in [0.1, 0.15) is 18.4 Å². The molecule has 1 aliphatic rings. The molecule has 1 aromatic carbocycles. The highest BCUT2D eigenvalue weighted by molar-refractivity contribution is 14.0. The van der Waals surface area contributed by atoms with Crippen LogP contribution < -0.4 is 15.4 Å². The Morgan fingerprint density at radius 3 is 2.92 bits per heavy atom. The van der Waals surface area contributed by atoms with Crippen molar-refractivity contribution in [1.29, 1.82) is 0 Å². The third kappa shape index (κ3) is 7.64. The Bertz CT molecular complexity index is 550. The Kier molecular flexibility index (Phi) is 10.6. The number of para-hydroxylation sites is 1. The molecular weight excluding hydrogens is 427 g/mol. The number of nitrogens with zero attached hydrogens (tertiary/aromatic N) is 2. The fourth-order valence-electron chi connectivity index (χ4n) is 3.02. The zero-order valence-corrected chi connectivity index (χ0v) is 17.7. The summed E-state index contributed by atoms with van der Waals surface area (Å²) in [6.45, 7) is 8.21. The number of benzene rings is 1. The lowest BCUT2D eigenvalue weighted by molar-refractivity contribution is 0.210. The zero-order chi connectivity index (χ0) is 17.2. The Hall–Kier alpha value is -1.28. The van der Waals surface area contributed by atoms with E-state index in [1.165, 1.54) is 19.4 Å². The molecule has 25 heavy (non-hydrogen) atoms. The number of piperidine rings is 1. The van der Waals surface area contributed by atoms with Crippen molar-refractivity contribution in [2.45, 2.75) is 19.4 Å². The van der Waals surface area contributed by atoms with E-state index in [0.29, 0.717) is 19.1 Å². The van der Waals surface area contributed by atoms with Crippen molar-refractivity contribution in [3.05, 3.63) is 42.5 Å². The average molecular weight is 458 g/mol. The van der Waals surface area contributed by atoms with Gasteiger partial charge in [0, 0.05) is 32.2 Å². The lowest BCUT2D eigenvalue weighted by Gasteiger charge is -2.30. The van der Waals surface area contributed by atoms with Crippen molar-refractivity contribution in [3.63, 3.8) is 0 Å². The van der Waals surface area contributed by atoms with Gasteiger partial charge in [-0.15, -0.1) is 24.0 Å². The van der Waals surface area contributed by atoms with Crippen LogP contribution in [-0.2, 0) is 6.54 Å². The van der Waals surface area contributed by atoms with Crippen LogP contribution in [0, 0.1) is 5.92 Å². The van der Waals surface area contributed by atoms with Gasteiger partial charge >= 0.3 is 0 Å². The maximum atomic E-state index is 5.70. The topological polar surface area (TPSA) is 48.9 Å². The van der Waals surface area contributed by atoms with Crippen LogP contribution in [-0.4, -0.2) is 51.2 Å². The summed E-state index contributed by atoms with van der Waals surface area (Å²) in [4.78, 5) is 6.72. The molecule has 2 rings (SSSR count). The number of rotatable bonds is 7. The van der Waals surface area contributed by atoms with Crippen LogP contribution in [0.3, 0.4) is 0 Å². The Labute approximate surface area is 168 Å². The van der Waals surface area contributed by atoms with E-state index in [4.69, 9.17) is 4.74 Å². The molecule has 1 aromatic rings. The molecule has 0 bridgehead atoms. The van der Waals surface area contributed by atoms with Crippen molar-refractivity contribution in [3.8, 4) is 5.75 Å². The minimum Gasteiger partial charge on any atom is -0.489 e. The number of hydrogen-bond acceptors (Lipinski definition) is 3. The molecule has 6 heteroatoms. The summed E-state index contributed by atoms with van der Waals surface area (Å²) in [5.74, 6) is 2.40. The molecule has 1 atom stereocenters. The van der Waals surface area contributed by atoms with Gasteiger partial charge in [-0.05, 0) is 38.4 Å². The number of hydrogen-bond donors (Lipinski definition) is 2. The second-order valence-electron chi connectivity index (χ2n) is 6.28. The average Bonchev–Trinajstić information content (AvgIpc) is 2.61. The normalized spacial score (nSPS) is 18.2. The van der Waals surface area contributed by atoms with Gasteiger partial charge in [0.1, 0.15) is 12.4 Å². The zero-order valence-electron chi connectivity index (χ0n) is 15.3. The highest BCUT2D eigenvalue weighted by Crippen LogP contribution is 2.17. The summed E-state index contributed by atoms with van der Waals surface area (Å²) in [7, 11) is 4.00. The van der Waals surface area contributed by atoms with E-state index in [1.807, 2.05) is 25.2 Å². The second kappa shape index (κ2) is 12.1. The second-order valence-corrected chi connectivity index (χ2v) is 6.28.